The largest absolute Gasteiger partial charge is 0.385 e. The lowest BCUT2D eigenvalue weighted by atomic mass is 9.85. The Balaban J connectivity index is 1.64. The molecule has 22 heavy (non-hydrogen) atoms. The van der Waals surface area contributed by atoms with Gasteiger partial charge < -0.3 is 14.4 Å². The molecule has 0 N–H and O–H groups in total. The lowest BCUT2D eigenvalue weighted by Gasteiger charge is -2.39. The number of ether oxygens (including phenoxy) is 2. The van der Waals surface area contributed by atoms with Gasteiger partial charge >= 0.3 is 0 Å². The van der Waals surface area contributed by atoms with Gasteiger partial charge in [0, 0.05) is 32.7 Å². The number of hydrogen-bond acceptors (Lipinski definition) is 5. The monoisotopic (exact) mass is 305 g/mol. The summed E-state index contributed by atoms with van der Waals surface area (Å²) in [4.78, 5) is 22.5. The summed E-state index contributed by atoms with van der Waals surface area (Å²) >= 11 is 0. The number of carbonyl (C=O) groups excluding carboxylic acids is 1. The van der Waals surface area contributed by atoms with Crippen LogP contribution < -0.4 is 0 Å². The fourth-order valence-electron chi connectivity index (χ4n) is 3.54. The van der Waals surface area contributed by atoms with E-state index in [0.29, 0.717) is 18.2 Å². The minimum Gasteiger partial charge on any atom is -0.385 e. The number of hydrogen-bond donors (Lipinski definition) is 0. The number of aromatic nitrogens is 2. The molecular weight excluding hydrogens is 282 g/mol. The standard InChI is InChI=1S/C16H23N3O3/c1-21-8-3-13-9-16(22-11-13)4-2-7-19(12-16)15(20)14-10-17-5-6-18-14/h5-6,10,13H,2-4,7-9,11-12H2,1H3. The average Bonchev–Trinajstić information content (AvgIpc) is 2.95. The molecule has 3 heterocycles. The van der Waals surface area contributed by atoms with Gasteiger partial charge in [-0.25, -0.2) is 4.98 Å². The molecule has 0 bridgehead atoms. The van der Waals surface area contributed by atoms with E-state index in [2.05, 4.69) is 9.97 Å². The summed E-state index contributed by atoms with van der Waals surface area (Å²) in [5.41, 5.74) is 0.239. The SMILES string of the molecule is COCCC1COC2(CCCN(C(=O)c3cnccn3)C2)C1. The highest BCUT2D eigenvalue weighted by molar-refractivity contribution is 5.92. The summed E-state index contributed by atoms with van der Waals surface area (Å²) in [7, 11) is 1.73. The summed E-state index contributed by atoms with van der Waals surface area (Å²) in [5, 5.41) is 0. The summed E-state index contributed by atoms with van der Waals surface area (Å²) in [6.07, 6.45) is 8.70. The number of carbonyl (C=O) groups is 1. The van der Waals surface area contributed by atoms with Gasteiger partial charge in [0.2, 0.25) is 0 Å². The molecular formula is C16H23N3O3. The Morgan fingerprint density at radius 1 is 1.55 bits per heavy atom. The van der Waals surface area contributed by atoms with Crippen LogP contribution in [0.15, 0.2) is 18.6 Å². The molecule has 2 unspecified atom stereocenters. The number of nitrogens with zero attached hydrogens (tertiary/aromatic N) is 3. The van der Waals surface area contributed by atoms with Crippen LogP contribution in [0.4, 0.5) is 0 Å². The second-order valence-electron chi connectivity index (χ2n) is 6.27. The van der Waals surface area contributed by atoms with Crippen molar-refractivity contribution in [3.05, 3.63) is 24.3 Å². The maximum absolute atomic E-state index is 12.5. The highest BCUT2D eigenvalue weighted by Crippen LogP contribution is 2.38. The summed E-state index contributed by atoms with van der Waals surface area (Å²) in [5.74, 6) is 0.489. The van der Waals surface area contributed by atoms with Crippen LogP contribution in [-0.4, -0.2) is 59.8 Å². The van der Waals surface area contributed by atoms with Crippen LogP contribution in [0.3, 0.4) is 0 Å². The third-order valence-electron chi connectivity index (χ3n) is 4.63. The molecule has 3 rings (SSSR count). The number of amides is 1. The summed E-state index contributed by atoms with van der Waals surface area (Å²) in [6, 6.07) is 0. The van der Waals surface area contributed by atoms with Crippen molar-refractivity contribution >= 4 is 5.91 Å². The molecule has 1 spiro atoms. The van der Waals surface area contributed by atoms with Crippen molar-refractivity contribution < 1.29 is 14.3 Å². The molecule has 1 aromatic rings. The van der Waals surface area contributed by atoms with Crippen LogP contribution >= 0.6 is 0 Å². The lowest BCUT2D eigenvalue weighted by molar-refractivity contribution is -0.0451. The van der Waals surface area contributed by atoms with Gasteiger partial charge in [-0.1, -0.05) is 0 Å². The Morgan fingerprint density at radius 3 is 3.23 bits per heavy atom. The zero-order valence-corrected chi connectivity index (χ0v) is 13.0. The van der Waals surface area contributed by atoms with Crippen molar-refractivity contribution in [2.24, 2.45) is 5.92 Å². The molecule has 2 aliphatic rings. The third kappa shape index (κ3) is 3.28. The van der Waals surface area contributed by atoms with E-state index < -0.39 is 0 Å². The first-order valence-corrected chi connectivity index (χ1v) is 7.91. The van der Waals surface area contributed by atoms with Crippen molar-refractivity contribution in [3.8, 4) is 0 Å². The minimum absolute atomic E-state index is 0.0453. The van der Waals surface area contributed by atoms with Crippen molar-refractivity contribution in [2.75, 3.05) is 33.4 Å². The molecule has 2 fully saturated rings. The van der Waals surface area contributed by atoms with E-state index in [4.69, 9.17) is 9.47 Å². The Morgan fingerprint density at radius 2 is 2.45 bits per heavy atom. The molecule has 6 nitrogen and oxygen atoms in total. The quantitative estimate of drug-likeness (QED) is 0.844. The molecule has 0 saturated carbocycles. The zero-order valence-electron chi connectivity index (χ0n) is 13.0. The van der Waals surface area contributed by atoms with Gasteiger partial charge in [-0.15, -0.1) is 0 Å². The first-order valence-electron chi connectivity index (χ1n) is 7.91. The molecule has 2 atom stereocenters. The van der Waals surface area contributed by atoms with Crippen LogP contribution in [0.2, 0.25) is 0 Å². The maximum atomic E-state index is 12.5. The van der Waals surface area contributed by atoms with Gasteiger partial charge in [0.25, 0.3) is 5.91 Å². The molecule has 0 aromatic carbocycles. The fourth-order valence-corrected chi connectivity index (χ4v) is 3.54. The summed E-state index contributed by atoms with van der Waals surface area (Å²) in [6.45, 7) is 2.97. The topological polar surface area (TPSA) is 64.6 Å². The lowest BCUT2D eigenvalue weighted by Crippen LogP contribution is -2.50. The van der Waals surface area contributed by atoms with Gasteiger partial charge in [-0.05, 0) is 31.6 Å². The van der Waals surface area contributed by atoms with E-state index >= 15 is 0 Å². The highest BCUT2D eigenvalue weighted by Gasteiger charge is 2.44. The van der Waals surface area contributed by atoms with Gasteiger partial charge in [0.15, 0.2) is 0 Å². The predicted molar refractivity (Wildman–Crippen MR) is 80.5 cm³/mol. The van der Waals surface area contributed by atoms with Crippen LogP contribution in [0.1, 0.15) is 36.2 Å². The van der Waals surface area contributed by atoms with Crippen molar-refractivity contribution in [2.45, 2.75) is 31.3 Å². The second kappa shape index (κ2) is 6.71. The second-order valence-corrected chi connectivity index (χ2v) is 6.27. The smallest absolute Gasteiger partial charge is 0.274 e. The van der Waals surface area contributed by atoms with Crippen LogP contribution in [-0.2, 0) is 9.47 Å². The Hall–Kier alpha value is -1.53. The maximum Gasteiger partial charge on any atom is 0.274 e. The molecule has 0 radical (unpaired) electrons. The predicted octanol–water partition coefficient (Wildman–Crippen LogP) is 1.52. The first kappa shape index (κ1) is 15.4. The minimum atomic E-state index is -0.172. The van der Waals surface area contributed by atoms with E-state index in [0.717, 1.165) is 45.4 Å². The Bertz CT molecular complexity index is 511. The zero-order chi connectivity index (χ0) is 15.4. The van der Waals surface area contributed by atoms with E-state index in [1.54, 1.807) is 19.5 Å². The van der Waals surface area contributed by atoms with E-state index in [1.807, 2.05) is 4.90 Å². The first-order chi connectivity index (χ1) is 10.7. The Labute approximate surface area is 130 Å². The summed E-state index contributed by atoms with van der Waals surface area (Å²) < 4.78 is 11.3. The van der Waals surface area contributed by atoms with E-state index in [1.165, 1.54) is 6.20 Å². The van der Waals surface area contributed by atoms with Crippen molar-refractivity contribution in [3.63, 3.8) is 0 Å². The van der Waals surface area contributed by atoms with Crippen LogP contribution in [0.25, 0.3) is 0 Å². The van der Waals surface area contributed by atoms with Crippen molar-refractivity contribution in [1.82, 2.24) is 14.9 Å². The van der Waals surface area contributed by atoms with E-state index in [9.17, 15) is 4.79 Å². The molecule has 120 valence electrons. The normalized spacial score (nSPS) is 28.2. The number of likely N-dealkylation sites (tertiary alicyclic amines) is 1. The van der Waals surface area contributed by atoms with Crippen LogP contribution in [0, 0.1) is 5.92 Å². The van der Waals surface area contributed by atoms with Gasteiger partial charge in [-0.2, -0.15) is 0 Å². The average molecular weight is 305 g/mol. The van der Waals surface area contributed by atoms with Gasteiger partial charge in [0.1, 0.15) is 5.69 Å². The van der Waals surface area contributed by atoms with Crippen molar-refractivity contribution in [1.29, 1.82) is 0 Å². The fraction of sp³-hybridized carbons (Fsp3) is 0.688. The van der Waals surface area contributed by atoms with E-state index in [-0.39, 0.29) is 11.5 Å². The molecule has 0 aliphatic carbocycles. The molecule has 1 aromatic heterocycles. The number of rotatable bonds is 4. The third-order valence-corrected chi connectivity index (χ3v) is 4.63. The van der Waals surface area contributed by atoms with Crippen LogP contribution in [0.5, 0.6) is 0 Å². The molecule has 1 amide bonds. The molecule has 2 aliphatic heterocycles. The molecule has 2 saturated heterocycles. The molecule has 6 heteroatoms. The number of methoxy groups -OCH3 is 1. The van der Waals surface area contributed by atoms with Gasteiger partial charge in [-0.3, -0.25) is 9.78 Å². The highest BCUT2D eigenvalue weighted by atomic mass is 16.5. The Kier molecular flexibility index (Phi) is 4.69. The van der Waals surface area contributed by atoms with Gasteiger partial charge in [0.05, 0.1) is 24.9 Å². The number of piperidine rings is 1.